The fourth-order valence-corrected chi connectivity index (χ4v) is 3.23. The normalized spacial score (nSPS) is 15.5. The maximum atomic E-state index is 4.61. The Kier molecular flexibility index (Phi) is 3.55. The molecule has 0 amide bonds. The summed E-state index contributed by atoms with van der Waals surface area (Å²) in [6, 6.07) is 2.18. The zero-order valence-corrected chi connectivity index (χ0v) is 12.3. The SMILES string of the molecule is CCNc1nc(NCC2CCC2)c2cc(C)sc2n1. The molecule has 0 bridgehead atoms. The summed E-state index contributed by atoms with van der Waals surface area (Å²) in [5.74, 6) is 2.54. The number of aryl methyl sites for hydroxylation is 1. The minimum atomic E-state index is 0.730. The van der Waals surface area contributed by atoms with Gasteiger partial charge in [-0.25, -0.2) is 4.98 Å². The standard InChI is InChI=1S/C14H20N4S/c1-3-15-14-17-12(16-8-10-5-4-6-10)11-7-9(2)19-13(11)18-14/h7,10H,3-6,8H2,1-2H3,(H2,15,16,17,18). The number of thiophene rings is 1. The molecule has 0 atom stereocenters. The molecule has 1 aliphatic carbocycles. The maximum Gasteiger partial charge on any atom is 0.226 e. The Morgan fingerprint density at radius 3 is 2.84 bits per heavy atom. The average Bonchev–Trinajstić information content (AvgIpc) is 2.68. The molecule has 2 aromatic rings. The number of rotatable bonds is 5. The Bertz CT molecular complexity index is 574. The van der Waals surface area contributed by atoms with Crippen molar-refractivity contribution in [1.29, 1.82) is 0 Å². The van der Waals surface area contributed by atoms with Crippen LogP contribution < -0.4 is 10.6 Å². The van der Waals surface area contributed by atoms with Crippen molar-refractivity contribution in [2.24, 2.45) is 5.92 Å². The molecule has 0 aliphatic heterocycles. The lowest BCUT2D eigenvalue weighted by Gasteiger charge is -2.25. The van der Waals surface area contributed by atoms with E-state index in [4.69, 9.17) is 0 Å². The highest BCUT2D eigenvalue weighted by molar-refractivity contribution is 7.18. The molecule has 2 aromatic heterocycles. The number of nitrogens with one attached hydrogen (secondary N) is 2. The molecular formula is C14H20N4S. The molecular weight excluding hydrogens is 256 g/mol. The van der Waals surface area contributed by atoms with Crippen molar-refractivity contribution in [2.75, 3.05) is 23.7 Å². The number of anilines is 2. The largest absolute Gasteiger partial charge is 0.369 e. The van der Waals surface area contributed by atoms with Crippen molar-refractivity contribution in [3.8, 4) is 0 Å². The van der Waals surface area contributed by atoms with Crippen molar-refractivity contribution >= 4 is 33.3 Å². The molecule has 0 aromatic carbocycles. The van der Waals surface area contributed by atoms with Crippen LogP contribution in [0, 0.1) is 12.8 Å². The molecule has 1 fully saturated rings. The van der Waals surface area contributed by atoms with Gasteiger partial charge in [-0.3, -0.25) is 0 Å². The topological polar surface area (TPSA) is 49.8 Å². The van der Waals surface area contributed by atoms with Gasteiger partial charge in [-0.1, -0.05) is 6.42 Å². The second-order valence-electron chi connectivity index (χ2n) is 5.18. The van der Waals surface area contributed by atoms with Crippen molar-refractivity contribution < 1.29 is 0 Å². The van der Waals surface area contributed by atoms with Gasteiger partial charge in [0.15, 0.2) is 0 Å². The van der Waals surface area contributed by atoms with Crippen LogP contribution in [-0.4, -0.2) is 23.1 Å². The summed E-state index contributed by atoms with van der Waals surface area (Å²) in [5.41, 5.74) is 0. The third-order valence-corrected chi connectivity index (χ3v) is 4.58. The average molecular weight is 276 g/mol. The molecule has 0 saturated heterocycles. The number of aromatic nitrogens is 2. The molecule has 2 heterocycles. The van der Waals surface area contributed by atoms with E-state index >= 15 is 0 Å². The molecule has 102 valence electrons. The Morgan fingerprint density at radius 2 is 2.16 bits per heavy atom. The Labute approximate surface area is 117 Å². The molecule has 19 heavy (non-hydrogen) atoms. The van der Waals surface area contributed by atoms with E-state index in [2.05, 4.69) is 40.5 Å². The third-order valence-electron chi connectivity index (χ3n) is 3.63. The maximum absolute atomic E-state index is 4.61. The fraction of sp³-hybridized carbons (Fsp3) is 0.571. The second-order valence-corrected chi connectivity index (χ2v) is 6.41. The van der Waals surface area contributed by atoms with Crippen LogP contribution in [0.1, 0.15) is 31.1 Å². The van der Waals surface area contributed by atoms with Crippen LogP contribution in [0.4, 0.5) is 11.8 Å². The summed E-state index contributed by atoms with van der Waals surface area (Å²) < 4.78 is 0. The van der Waals surface area contributed by atoms with Gasteiger partial charge in [-0.2, -0.15) is 4.98 Å². The lowest BCUT2D eigenvalue weighted by molar-refractivity contribution is 0.333. The van der Waals surface area contributed by atoms with Crippen LogP contribution in [-0.2, 0) is 0 Å². The van der Waals surface area contributed by atoms with Gasteiger partial charge in [0, 0.05) is 18.0 Å². The first-order valence-electron chi connectivity index (χ1n) is 7.02. The van der Waals surface area contributed by atoms with Gasteiger partial charge in [0.05, 0.1) is 5.39 Å². The van der Waals surface area contributed by atoms with E-state index in [1.54, 1.807) is 11.3 Å². The first kappa shape index (κ1) is 12.7. The molecule has 1 aliphatic rings. The van der Waals surface area contributed by atoms with Gasteiger partial charge in [-0.15, -0.1) is 11.3 Å². The number of hydrogen-bond donors (Lipinski definition) is 2. The summed E-state index contributed by atoms with van der Waals surface area (Å²) in [6.07, 6.45) is 4.08. The summed E-state index contributed by atoms with van der Waals surface area (Å²) >= 11 is 1.73. The van der Waals surface area contributed by atoms with E-state index in [1.165, 1.54) is 24.1 Å². The van der Waals surface area contributed by atoms with Crippen LogP contribution in [0.25, 0.3) is 10.2 Å². The second kappa shape index (κ2) is 5.33. The molecule has 0 unspecified atom stereocenters. The van der Waals surface area contributed by atoms with Crippen LogP contribution >= 0.6 is 11.3 Å². The predicted molar refractivity (Wildman–Crippen MR) is 82.1 cm³/mol. The summed E-state index contributed by atoms with van der Waals surface area (Å²) in [5, 5.41) is 7.88. The van der Waals surface area contributed by atoms with E-state index in [1.807, 2.05) is 0 Å². The van der Waals surface area contributed by atoms with E-state index in [-0.39, 0.29) is 0 Å². The van der Waals surface area contributed by atoms with Crippen molar-refractivity contribution in [3.05, 3.63) is 10.9 Å². The molecule has 4 nitrogen and oxygen atoms in total. The zero-order chi connectivity index (χ0) is 13.2. The highest BCUT2D eigenvalue weighted by Crippen LogP contribution is 2.31. The lowest BCUT2D eigenvalue weighted by Crippen LogP contribution is -2.21. The molecule has 0 radical (unpaired) electrons. The highest BCUT2D eigenvalue weighted by atomic mass is 32.1. The molecule has 3 rings (SSSR count). The molecule has 1 saturated carbocycles. The van der Waals surface area contributed by atoms with E-state index in [9.17, 15) is 0 Å². The smallest absolute Gasteiger partial charge is 0.226 e. The Balaban J connectivity index is 1.89. The van der Waals surface area contributed by atoms with Gasteiger partial charge >= 0.3 is 0 Å². The van der Waals surface area contributed by atoms with Gasteiger partial charge in [0.1, 0.15) is 10.6 Å². The van der Waals surface area contributed by atoms with Crippen LogP contribution in [0.5, 0.6) is 0 Å². The van der Waals surface area contributed by atoms with Gasteiger partial charge in [0.25, 0.3) is 0 Å². The fourth-order valence-electron chi connectivity index (χ4n) is 2.35. The third kappa shape index (κ3) is 2.66. The first-order valence-corrected chi connectivity index (χ1v) is 7.84. The van der Waals surface area contributed by atoms with Gasteiger partial charge in [-0.05, 0) is 38.7 Å². The zero-order valence-electron chi connectivity index (χ0n) is 11.5. The molecule has 2 N–H and O–H groups in total. The van der Waals surface area contributed by atoms with Gasteiger partial charge < -0.3 is 10.6 Å². The first-order chi connectivity index (χ1) is 9.26. The monoisotopic (exact) mass is 276 g/mol. The summed E-state index contributed by atoms with van der Waals surface area (Å²) in [4.78, 5) is 11.5. The minimum absolute atomic E-state index is 0.730. The quantitative estimate of drug-likeness (QED) is 0.875. The number of hydrogen-bond acceptors (Lipinski definition) is 5. The van der Waals surface area contributed by atoms with Crippen LogP contribution in [0.3, 0.4) is 0 Å². The minimum Gasteiger partial charge on any atom is -0.369 e. The van der Waals surface area contributed by atoms with Crippen LogP contribution in [0.15, 0.2) is 6.07 Å². The highest BCUT2D eigenvalue weighted by Gasteiger charge is 2.18. The van der Waals surface area contributed by atoms with E-state index in [0.717, 1.165) is 41.0 Å². The van der Waals surface area contributed by atoms with Crippen molar-refractivity contribution in [2.45, 2.75) is 33.1 Å². The Hall–Kier alpha value is -1.36. The van der Waals surface area contributed by atoms with Gasteiger partial charge in [0.2, 0.25) is 5.95 Å². The number of nitrogens with zero attached hydrogens (tertiary/aromatic N) is 2. The van der Waals surface area contributed by atoms with E-state index < -0.39 is 0 Å². The van der Waals surface area contributed by atoms with Crippen molar-refractivity contribution in [1.82, 2.24) is 9.97 Å². The molecule has 5 heteroatoms. The molecule has 0 spiro atoms. The lowest BCUT2D eigenvalue weighted by atomic mass is 9.85. The van der Waals surface area contributed by atoms with E-state index in [0.29, 0.717) is 0 Å². The summed E-state index contributed by atoms with van der Waals surface area (Å²) in [7, 11) is 0. The summed E-state index contributed by atoms with van der Waals surface area (Å²) in [6.45, 7) is 6.06. The van der Waals surface area contributed by atoms with Crippen LogP contribution in [0.2, 0.25) is 0 Å². The predicted octanol–water partition coefficient (Wildman–Crippen LogP) is 3.64. The van der Waals surface area contributed by atoms with Crippen molar-refractivity contribution in [3.63, 3.8) is 0 Å². The Morgan fingerprint density at radius 1 is 1.32 bits per heavy atom. The number of fused-ring (bicyclic) bond motifs is 1.